The van der Waals surface area contributed by atoms with Crippen LogP contribution >= 0.6 is 11.3 Å². The second-order valence-corrected chi connectivity index (χ2v) is 7.00. The standard InChI is InChI=1S/C17H25N5OS/c1-2-3-6-17-20-14(13-24-17)11-22-8-9-23-15(12-22)10-18-16-5-4-7-19-21-16/h4-5,7,13,15H,2-3,6,8-12H2,1H3,(H,18,21)/t15-/m0/s1. The molecule has 0 bridgehead atoms. The number of hydrogen-bond acceptors (Lipinski definition) is 7. The Labute approximate surface area is 147 Å². The molecule has 130 valence electrons. The van der Waals surface area contributed by atoms with Crippen LogP contribution in [0.3, 0.4) is 0 Å². The Morgan fingerprint density at radius 2 is 2.42 bits per heavy atom. The molecular formula is C17H25N5OS. The van der Waals surface area contributed by atoms with Gasteiger partial charge in [0.2, 0.25) is 0 Å². The minimum Gasteiger partial charge on any atom is -0.374 e. The van der Waals surface area contributed by atoms with Gasteiger partial charge in [-0.3, -0.25) is 4.90 Å². The Morgan fingerprint density at radius 3 is 3.25 bits per heavy atom. The van der Waals surface area contributed by atoms with E-state index in [-0.39, 0.29) is 6.10 Å². The summed E-state index contributed by atoms with van der Waals surface area (Å²) < 4.78 is 5.86. The van der Waals surface area contributed by atoms with Gasteiger partial charge in [-0.1, -0.05) is 13.3 Å². The zero-order chi connectivity index (χ0) is 16.6. The third-order valence-corrected chi connectivity index (χ3v) is 4.99. The van der Waals surface area contributed by atoms with Crippen LogP contribution in [0.2, 0.25) is 0 Å². The summed E-state index contributed by atoms with van der Waals surface area (Å²) in [5.74, 6) is 0.790. The second-order valence-electron chi connectivity index (χ2n) is 6.05. The van der Waals surface area contributed by atoms with E-state index < -0.39 is 0 Å². The molecule has 3 rings (SSSR count). The van der Waals surface area contributed by atoms with Crippen LogP contribution in [0.4, 0.5) is 5.82 Å². The van der Waals surface area contributed by atoms with Gasteiger partial charge in [0.05, 0.1) is 23.4 Å². The number of aryl methyl sites for hydroxylation is 1. The SMILES string of the molecule is CCCCc1nc(CN2CCO[C@@H](CNc3cccnn3)C2)cs1. The van der Waals surface area contributed by atoms with E-state index in [2.05, 4.69) is 32.7 Å². The monoisotopic (exact) mass is 347 g/mol. The molecule has 0 amide bonds. The maximum Gasteiger partial charge on any atom is 0.148 e. The lowest BCUT2D eigenvalue weighted by molar-refractivity contribution is -0.0244. The van der Waals surface area contributed by atoms with Crippen molar-refractivity contribution >= 4 is 17.2 Å². The Balaban J connectivity index is 1.45. The van der Waals surface area contributed by atoms with Gasteiger partial charge >= 0.3 is 0 Å². The molecule has 1 aliphatic rings. The van der Waals surface area contributed by atoms with Crippen molar-refractivity contribution in [3.05, 3.63) is 34.4 Å². The number of anilines is 1. The molecule has 6 nitrogen and oxygen atoms in total. The number of nitrogens with one attached hydrogen (secondary N) is 1. The smallest absolute Gasteiger partial charge is 0.148 e. The number of ether oxygens (including phenoxy) is 1. The van der Waals surface area contributed by atoms with Gasteiger partial charge in [-0.05, 0) is 25.0 Å². The summed E-state index contributed by atoms with van der Waals surface area (Å²) >= 11 is 1.79. The summed E-state index contributed by atoms with van der Waals surface area (Å²) in [5.41, 5.74) is 1.19. The maximum absolute atomic E-state index is 5.86. The molecule has 2 aromatic rings. The van der Waals surface area contributed by atoms with E-state index >= 15 is 0 Å². The summed E-state index contributed by atoms with van der Waals surface area (Å²) in [7, 11) is 0. The highest BCUT2D eigenvalue weighted by Crippen LogP contribution is 2.16. The van der Waals surface area contributed by atoms with Gasteiger partial charge in [-0.25, -0.2) is 4.98 Å². The Bertz CT molecular complexity index is 606. The van der Waals surface area contributed by atoms with Gasteiger partial charge in [0, 0.05) is 37.8 Å². The predicted molar refractivity (Wildman–Crippen MR) is 96.3 cm³/mol. The number of rotatable bonds is 8. The highest BCUT2D eigenvalue weighted by atomic mass is 32.1. The molecule has 2 aromatic heterocycles. The molecule has 1 saturated heterocycles. The molecule has 7 heteroatoms. The number of thiazole rings is 1. The number of hydrogen-bond donors (Lipinski definition) is 1. The maximum atomic E-state index is 5.86. The second kappa shape index (κ2) is 9.05. The van der Waals surface area contributed by atoms with Crippen LogP contribution in [0.5, 0.6) is 0 Å². The first-order valence-electron chi connectivity index (χ1n) is 8.62. The van der Waals surface area contributed by atoms with Gasteiger partial charge in [-0.15, -0.1) is 16.4 Å². The molecule has 1 fully saturated rings. The van der Waals surface area contributed by atoms with E-state index in [9.17, 15) is 0 Å². The van der Waals surface area contributed by atoms with Crippen molar-refractivity contribution in [1.29, 1.82) is 0 Å². The first kappa shape index (κ1) is 17.3. The third kappa shape index (κ3) is 5.22. The van der Waals surface area contributed by atoms with Crippen molar-refractivity contribution in [1.82, 2.24) is 20.1 Å². The summed E-state index contributed by atoms with van der Waals surface area (Å²) in [6.07, 6.45) is 5.39. The van der Waals surface area contributed by atoms with Gasteiger partial charge < -0.3 is 10.1 Å². The lowest BCUT2D eigenvalue weighted by atomic mass is 10.2. The fourth-order valence-electron chi connectivity index (χ4n) is 2.76. The summed E-state index contributed by atoms with van der Waals surface area (Å²) in [4.78, 5) is 7.18. The minimum absolute atomic E-state index is 0.166. The zero-order valence-corrected chi connectivity index (χ0v) is 15.0. The van der Waals surface area contributed by atoms with Gasteiger partial charge in [0.1, 0.15) is 5.82 Å². The van der Waals surface area contributed by atoms with Crippen molar-refractivity contribution < 1.29 is 4.74 Å². The van der Waals surface area contributed by atoms with E-state index in [1.807, 2.05) is 12.1 Å². The van der Waals surface area contributed by atoms with Gasteiger partial charge in [-0.2, -0.15) is 5.10 Å². The van der Waals surface area contributed by atoms with Crippen LogP contribution in [0.25, 0.3) is 0 Å². The molecule has 0 aliphatic carbocycles. The largest absolute Gasteiger partial charge is 0.374 e. The number of unbranched alkanes of at least 4 members (excludes halogenated alkanes) is 1. The van der Waals surface area contributed by atoms with E-state index in [1.54, 1.807) is 17.5 Å². The first-order valence-corrected chi connectivity index (χ1v) is 9.50. The molecule has 24 heavy (non-hydrogen) atoms. The molecule has 1 N–H and O–H groups in total. The molecule has 1 atom stereocenters. The van der Waals surface area contributed by atoms with E-state index in [0.717, 1.165) is 45.0 Å². The fourth-order valence-corrected chi connectivity index (χ4v) is 3.59. The summed E-state index contributed by atoms with van der Waals surface area (Å²) in [6.45, 7) is 6.51. The van der Waals surface area contributed by atoms with Crippen LogP contribution in [0, 0.1) is 0 Å². The Kier molecular flexibility index (Phi) is 6.51. The minimum atomic E-state index is 0.166. The number of aromatic nitrogens is 3. The average molecular weight is 347 g/mol. The van der Waals surface area contributed by atoms with Gasteiger partial charge in [0.15, 0.2) is 0 Å². The van der Waals surface area contributed by atoms with Crippen LogP contribution < -0.4 is 5.32 Å². The van der Waals surface area contributed by atoms with Crippen LogP contribution in [0.1, 0.15) is 30.5 Å². The molecule has 1 aliphatic heterocycles. The Hall–Kier alpha value is -1.57. The molecular weight excluding hydrogens is 322 g/mol. The lowest BCUT2D eigenvalue weighted by Crippen LogP contribution is -2.44. The predicted octanol–water partition coefficient (Wildman–Crippen LogP) is 2.59. The quantitative estimate of drug-likeness (QED) is 0.792. The molecule has 0 radical (unpaired) electrons. The van der Waals surface area contributed by atoms with Crippen molar-refractivity contribution in [3.8, 4) is 0 Å². The van der Waals surface area contributed by atoms with Crippen molar-refractivity contribution in [2.45, 2.75) is 38.8 Å². The lowest BCUT2D eigenvalue weighted by Gasteiger charge is -2.32. The Morgan fingerprint density at radius 1 is 1.46 bits per heavy atom. The van der Waals surface area contributed by atoms with Crippen molar-refractivity contribution in [3.63, 3.8) is 0 Å². The van der Waals surface area contributed by atoms with E-state index in [1.165, 1.54) is 23.5 Å². The molecule has 0 unspecified atom stereocenters. The van der Waals surface area contributed by atoms with Crippen LogP contribution in [-0.2, 0) is 17.7 Å². The average Bonchev–Trinajstić information content (AvgIpc) is 3.07. The molecule has 0 saturated carbocycles. The number of morpholine rings is 1. The molecule has 0 spiro atoms. The van der Waals surface area contributed by atoms with Crippen molar-refractivity contribution in [2.24, 2.45) is 0 Å². The van der Waals surface area contributed by atoms with Crippen LogP contribution in [-0.4, -0.2) is 52.4 Å². The highest BCUT2D eigenvalue weighted by Gasteiger charge is 2.21. The van der Waals surface area contributed by atoms with Gasteiger partial charge in [0.25, 0.3) is 0 Å². The first-order chi connectivity index (χ1) is 11.8. The normalized spacial score (nSPS) is 18.6. The number of nitrogens with zero attached hydrogens (tertiary/aromatic N) is 4. The fraction of sp³-hybridized carbons (Fsp3) is 0.588. The van der Waals surface area contributed by atoms with Crippen molar-refractivity contribution in [2.75, 3.05) is 31.6 Å². The summed E-state index contributed by atoms with van der Waals surface area (Å²) in [5, 5.41) is 14.7. The van der Waals surface area contributed by atoms with E-state index in [0.29, 0.717) is 0 Å². The highest BCUT2D eigenvalue weighted by molar-refractivity contribution is 7.09. The van der Waals surface area contributed by atoms with Crippen LogP contribution in [0.15, 0.2) is 23.7 Å². The molecule has 0 aromatic carbocycles. The topological polar surface area (TPSA) is 63.2 Å². The molecule has 3 heterocycles. The summed E-state index contributed by atoms with van der Waals surface area (Å²) in [6, 6.07) is 3.79. The zero-order valence-electron chi connectivity index (χ0n) is 14.1. The third-order valence-electron chi connectivity index (χ3n) is 4.04. The van der Waals surface area contributed by atoms with E-state index in [4.69, 9.17) is 9.72 Å².